The third-order valence-corrected chi connectivity index (χ3v) is 2.56. The Kier molecular flexibility index (Phi) is 4.19. The molecule has 0 spiro atoms. The number of hydrogen-bond acceptors (Lipinski definition) is 2. The molecule has 1 aromatic rings. The molecule has 0 radical (unpaired) electrons. The molecule has 0 saturated heterocycles. The van der Waals surface area contributed by atoms with Gasteiger partial charge in [0.15, 0.2) is 0 Å². The van der Waals surface area contributed by atoms with E-state index in [1.165, 1.54) is 0 Å². The smallest absolute Gasteiger partial charge is 0.390 e. The average molecular weight is 290 g/mol. The second-order valence-electron chi connectivity index (χ2n) is 3.63. The summed E-state index contributed by atoms with van der Waals surface area (Å²) < 4.78 is 64.2. The molecule has 0 aliphatic carbocycles. The first-order chi connectivity index (χ1) is 8.09. The summed E-state index contributed by atoms with van der Waals surface area (Å²) in [5.74, 6) is -3.85. The van der Waals surface area contributed by atoms with Gasteiger partial charge in [0, 0.05) is 5.02 Å². The predicted octanol–water partition coefficient (Wildman–Crippen LogP) is 2.99. The van der Waals surface area contributed by atoms with Gasteiger partial charge in [-0.25, -0.2) is 8.78 Å². The van der Waals surface area contributed by atoms with E-state index in [9.17, 15) is 22.0 Å². The number of rotatable bonds is 3. The van der Waals surface area contributed by atoms with E-state index in [2.05, 4.69) is 0 Å². The van der Waals surface area contributed by atoms with Gasteiger partial charge in [-0.2, -0.15) is 13.2 Å². The highest BCUT2D eigenvalue weighted by molar-refractivity contribution is 6.30. The molecule has 0 heterocycles. The van der Waals surface area contributed by atoms with Gasteiger partial charge in [-0.3, -0.25) is 0 Å². The Hall–Kier alpha value is -0.920. The van der Waals surface area contributed by atoms with E-state index in [4.69, 9.17) is 22.4 Å². The molecular formula is C10H9ClF5NO. The predicted molar refractivity (Wildman–Crippen MR) is 55.4 cm³/mol. The van der Waals surface area contributed by atoms with E-state index in [1.807, 2.05) is 0 Å². The highest BCUT2D eigenvalue weighted by atomic mass is 35.5. The molecule has 1 rings (SSSR count). The van der Waals surface area contributed by atoms with Gasteiger partial charge in [0.25, 0.3) is 5.92 Å². The maximum atomic E-state index is 13.1. The minimum atomic E-state index is -4.86. The number of nitrogens with two attached hydrogens (primary N) is 1. The summed E-state index contributed by atoms with van der Waals surface area (Å²) in [5.41, 5.74) is 2.93. The second kappa shape index (κ2) is 4.99. The molecule has 0 fully saturated rings. The monoisotopic (exact) mass is 289 g/mol. The van der Waals surface area contributed by atoms with Crippen LogP contribution in [-0.4, -0.2) is 17.6 Å². The summed E-state index contributed by atoms with van der Waals surface area (Å²) in [6.07, 6.45) is -4.86. The Balaban J connectivity index is 3.33. The molecule has 0 amide bonds. The van der Waals surface area contributed by atoms with Crippen molar-refractivity contribution in [2.24, 2.45) is 5.73 Å². The molecule has 0 aromatic heterocycles. The zero-order valence-corrected chi connectivity index (χ0v) is 9.56. The third kappa shape index (κ3) is 3.09. The number of halogens is 6. The van der Waals surface area contributed by atoms with Crippen molar-refractivity contribution in [1.82, 2.24) is 0 Å². The standard InChI is InChI=1S/C10H9ClF5NO/c11-5-1-2-6(7(3-5)10(14,15)16)8(17)9(12,13)4-18/h1-3,8,18H,4,17H2/t8-/m0/s1. The molecular weight excluding hydrogens is 281 g/mol. The molecule has 1 atom stereocenters. The van der Waals surface area contributed by atoms with Crippen molar-refractivity contribution in [3.8, 4) is 0 Å². The lowest BCUT2D eigenvalue weighted by Crippen LogP contribution is -2.37. The van der Waals surface area contributed by atoms with Crippen LogP contribution in [0.3, 0.4) is 0 Å². The van der Waals surface area contributed by atoms with Crippen LogP contribution in [0.15, 0.2) is 18.2 Å². The van der Waals surface area contributed by atoms with Gasteiger partial charge in [0.05, 0.1) is 11.6 Å². The van der Waals surface area contributed by atoms with Crippen LogP contribution in [-0.2, 0) is 6.18 Å². The van der Waals surface area contributed by atoms with Gasteiger partial charge in [-0.05, 0) is 17.7 Å². The van der Waals surface area contributed by atoms with Crippen LogP contribution in [0.25, 0.3) is 0 Å². The molecule has 2 nitrogen and oxygen atoms in total. The molecule has 102 valence electrons. The molecule has 3 N–H and O–H groups in total. The number of alkyl halides is 5. The summed E-state index contributed by atoms with van der Waals surface area (Å²) in [6, 6.07) is 0.0552. The van der Waals surface area contributed by atoms with Crippen molar-refractivity contribution in [3.05, 3.63) is 34.3 Å². The van der Waals surface area contributed by atoms with Crippen LogP contribution in [0.5, 0.6) is 0 Å². The van der Waals surface area contributed by atoms with Gasteiger partial charge >= 0.3 is 6.18 Å². The van der Waals surface area contributed by atoms with Crippen LogP contribution < -0.4 is 5.73 Å². The fraction of sp³-hybridized carbons (Fsp3) is 0.400. The summed E-state index contributed by atoms with van der Waals surface area (Å²) >= 11 is 5.40. The van der Waals surface area contributed by atoms with E-state index in [0.717, 1.165) is 12.1 Å². The van der Waals surface area contributed by atoms with Crippen LogP contribution >= 0.6 is 11.6 Å². The molecule has 8 heteroatoms. The van der Waals surface area contributed by atoms with E-state index in [1.54, 1.807) is 0 Å². The van der Waals surface area contributed by atoms with Crippen molar-refractivity contribution in [1.29, 1.82) is 0 Å². The lowest BCUT2D eigenvalue weighted by Gasteiger charge is -2.24. The van der Waals surface area contributed by atoms with Crippen molar-refractivity contribution < 1.29 is 27.1 Å². The van der Waals surface area contributed by atoms with E-state index >= 15 is 0 Å². The van der Waals surface area contributed by atoms with Crippen molar-refractivity contribution in [3.63, 3.8) is 0 Å². The van der Waals surface area contributed by atoms with Gasteiger partial charge in [-0.15, -0.1) is 0 Å². The fourth-order valence-corrected chi connectivity index (χ4v) is 1.54. The number of benzene rings is 1. The minimum absolute atomic E-state index is 0.245. The van der Waals surface area contributed by atoms with Crippen molar-refractivity contribution in [2.75, 3.05) is 6.61 Å². The molecule has 18 heavy (non-hydrogen) atoms. The second-order valence-corrected chi connectivity index (χ2v) is 4.06. The number of hydrogen-bond donors (Lipinski definition) is 2. The number of aliphatic hydroxyl groups excluding tert-OH is 1. The SMILES string of the molecule is N[C@@H](c1ccc(Cl)cc1C(F)(F)F)C(F)(F)CO. The van der Waals surface area contributed by atoms with Crippen LogP contribution in [0, 0.1) is 0 Å². The largest absolute Gasteiger partial charge is 0.416 e. The van der Waals surface area contributed by atoms with Gasteiger partial charge < -0.3 is 10.8 Å². The number of aliphatic hydroxyl groups is 1. The molecule has 1 aromatic carbocycles. The normalized spacial score (nSPS) is 14.7. The highest BCUT2D eigenvalue weighted by Gasteiger charge is 2.43. The molecule has 0 aliphatic heterocycles. The minimum Gasteiger partial charge on any atom is -0.390 e. The first-order valence-corrected chi connectivity index (χ1v) is 5.08. The molecule has 0 unspecified atom stereocenters. The molecule has 0 aliphatic rings. The maximum absolute atomic E-state index is 13.1. The molecule has 0 bridgehead atoms. The lowest BCUT2D eigenvalue weighted by atomic mass is 9.96. The Bertz CT molecular complexity index is 435. The van der Waals surface area contributed by atoms with Gasteiger partial charge in [0.2, 0.25) is 0 Å². The highest BCUT2D eigenvalue weighted by Crippen LogP contribution is 2.39. The maximum Gasteiger partial charge on any atom is 0.416 e. The van der Waals surface area contributed by atoms with Gasteiger partial charge in [0.1, 0.15) is 6.61 Å². The first-order valence-electron chi connectivity index (χ1n) is 4.70. The Morgan fingerprint density at radius 3 is 2.22 bits per heavy atom. The van der Waals surface area contributed by atoms with E-state index in [0.29, 0.717) is 6.07 Å². The quantitative estimate of drug-likeness (QED) is 0.840. The van der Waals surface area contributed by atoms with E-state index in [-0.39, 0.29) is 5.02 Å². The molecule has 0 saturated carbocycles. The summed E-state index contributed by atoms with van der Waals surface area (Å²) in [6.45, 7) is -1.64. The average Bonchev–Trinajstić information content (AvgIpc) is 2.27. The topological polar surface area (TPSA) is 46.2 Å². The fourth-order valence-electron chi connectivity index (χ4n) is 1.37. The van der Waals surface area contributed by atoms with E-state index < -0.39 is 35.9 Å². The Morgan fingerprint density at radius 2 is 1.78 bits per heavy atom. The Labute approximate surface area is 104 Å². The third-order valence-electron chi connectivity index (χ3n) is 2.32. The summed E-state index contributed by atoms with van der Waals surface area (Å²) in [4.78, 5) is 0. The zero-order chi connectivity index (χ0) is 14.1. The van der Waals surface area contributed by atoms with Crippen molar-refractivity contribution in [2.45, 2.75) is 18.1 Å². The first kappa shape index (κ1) is 15.1. The summed E-state index contributed by atoms with van der Waals surface area (Å²) in [7, 11) is 0. The lowest BCUT2D eigenvalue weighted by molar-refractivity contribution is -0.139. The van der Waals surface area contributed by atoms with Crippen LogP contribution in [0.2, 0.25) is 5.02 Å². The van der Waals surface area contributed by atoms with Crippen LogP contribution in [0.4, 0.5) is 22.0 Å². The zero-order valence-electron chi connectivity index (χ0n) is 8.81. The van der Waals surface area contributed by atoms with Crippen molar-refractivity contribution >= 4 is 11.6 Å². The van der Waals surface area contributed by atoms with Crippen LogP contribution in [0.1, 0.15) is 17.2 Å². The van der Waals surface area contributed by atoms with Gasteiger partial charge in [-0.1, -0.05) is 17.7 Å². The Morgan fingerprint density at radius 1 is 1.22 bits per heavy atom. The summed E-state index contributed by atoms with van der Waals surface area (Å²) in [5, 5.41) is 8.19.